The molecule has 0 radical (unpaired) electrons. The van der Waals surface area contributed by atoms with Crippen molar-refractivity contribution in [3.8, 4) is 0 Å². The lowest BCUT2D eigenvalue weighted by molar-refractivity contribution is -0.682. The fourth-order valence-corrected chi connectivity index (χ4v) is 2.65. The van der Waals surface area contributed by atoms with E-state index in [0.29, 0.717) is 10.0 Å². The van der Waals surface area contributed by atoms with Crippen molar-refractivity contribution in [3.05, 3.63) is 63.6 Å². The molecular weight excluding hydrogens is 345 g/mol. The number of carbonyl (C=O) groups excluding carboxylic acids is 1. The first-order chi connectivity index (χ1) is 10.9. The van der Waals surface area contributed by atoms with Crippen LogP contribution in [0.4, 0.5) is 14.5 Å². The standard InChI is InChI=1S/C16H14Cl2F2N2O/c1-9(12-4-2-10(17)6-13(12)18)21-8-16(23)22-11-3-5-14(19)15(20)7-11/h2-7,9,21H,8H2,1H3,(H,22,23)/p+1/t9-/m0/s1. The maximum Gasteiger partial charge on any atom is 0.279 e. The predicted octanol–water partition coefficient (Wildman–Crippen LogP) is 3.53. The second kappa shape index (κ2) is 7.73. The van der Waals surface area contributed by atoms with Crippen LogP contribution in [0.3, 0.4) is 0 Å². The van der Waals surface area contributed by atoms with E-state index >= 15 is 0 Å². The van der Waals surface area contributed by atoms with Crippen molar-refractivity contribution >= 4 is 34.8 Å². The molecule has 3 nitrogen and oxygen atoms in total. The van der Waals surface area contributed by atoms with E-state index in [1.54, 1.807) is 23.5 Å². The van der Waals surface area contributed by atoms with E-state index in [-0.39, 0.29) is 24.2 Å². The van der Waals surface area contributed by atoms with Crippen LogP contribution >= 0.6 is 23.2 Å². The summed E-state index contributed by atoms with van der Waals surface area (Å²) in [6, 6.07) is 8.32. The zero-order chi connectivity index (χ0) is 17.0. The first kappa shape index (κ1) is 17.7. The monoisotopic (exact) mass is 359 g/mol. The largest absolute Gasteiger partial charge is 0.332 e. The number of hydrogen-bond donors (Lipinski definition) is 2. The zero-order valence-electron chi connectivity index (χ0n) is 12.2. The molecule has 2 aromatic carbocycles. The van der Waals surface area contributed by atoms with Gasteiger partial charge in [-0.25, -0.2) is 8.78 Å². The van der Waals surface area contributed by atoms with Crippen LogP contribution in [0.2, 0.25) is 10.0 Å². The summed E-state index contributed by atoms with van der Waals surface area (Å²) in [5.41, 5.74) is 1.07. The van der Waals surface area contributed by atoms with Gasteiger partial charge >= 0.3 is 0 Å². The van der Waals surface area contributed by atoms with Crippen LogP contribution in [0, 0.1) is 11.6 Å². The smallest absolute Gasteiger partial charge is 0.279 e. The number of nitrogens with two attached hydrogens (primary N) is 1. The van der Waals surface area contributed by atoms with Gasteiger partial charge in [0.1, 0.15) is 6.04 Å². The van der Waals surface area contributed by atoms with Crippen LogP contribution in [0.5, 0.6) is 0 Å². The molecule has 0 aromatic heterocycles. The van der Waals surface area contributed by atoms with Crippen molar-refractivity contribution in [3.63, 3.8) is 0 Å². The van der Waals surface area contributed by atoms with E-state index in [0.717, 1.165) is 17.7 Å². The third kappa shape index (κ3) is 4.89. The first-order valence-corrected chi connectivity index (χ1v) is 7.65. The molecular formula is C16H15Cl2F2N2O+. The van der Waals surface area contributed by atoms with Gasteiger partial charge in [-0.3, -0.25) is 4.79 Å². The van der Waals surface area contributed by atoms with E-state index in [9.17, 15) is 13.6 Å². The van der Waals surface area contributed by atoms with Gasteiger partial charge in [0.25, 0.3) is 5.91 Å². The van der Waals surface area contributed by atoms with Crippen molar-refractivity contribution < 1.29 is 18.9 Å². The van der Waals surface area contributed by atoms with Gasteiger partial charge in [0.05, 0.1) is 5.02 Å². The highest BCUT2D eigenvalue weighted by molar-refractivity contribution is 6.35. The molecule has 7 heteroatoms. The number of anilines is 1. The fourth-order valence-electron chi connectivity index (χ4n) is 2.07. The Labute approximate surface area is 142 Å². The summed E-state index contributed by atoms with van der Waals surface area (Å²) in [5.74, 6) is -2.29. The topological polar surface area (TPSA) is 45.7 Å². The Morgan fingerprint density at radius 2 is 1.91 bits per heavy atom. The van der Waals surface area contributed by atoms with Gasteiger partial charge in [-0.2, -0.15) is 0 Å². The quantitative estimate of drug-likeness (QED) is 0.842. The molecule has 0 saturated heterocycles. The van der Waals surface area contributed by atoms with Crippen LogP contribution in [0.25, 0.3) is 0 Å². The highest BCUT2D eigenvalue weighted by Gasteiger charge is 2.15. The van der Waals surface area contributed by atoms with E-state index in [1.807, 2.05) is 6.92 Å². The molecule has 0 aliphatic heterocycles. The number of hydrogen-bond acceptors (Lipinski definition) is 1. The third-order valence-electron chi connectivity index (χ3n) is 3.31. The van der Waals surface area contributed by atoms with Gasteiger partial charge in [-0.1, -0.05) is 29.3 Å². The third-order valence-corrected chi connectivity index (χ3v) is 3.88. The molecule has 23 heavy (non-hydrogen) atoms. The molecule has 0 unspecified atom stereocenters. The summed E-state index contributed by atoms with van der Waals surface area (Å²) in [6.07, 6.45) is 0. The lowest BCUT2D eigenvalue weighted by Gasteiger charge is -2.13. The van der Waals surface area contributed by atoms with E-state index in [4.69, 9.17) is 23.2 Å². The number of rotatable bonds is 5. The lowest BCUT2D eigenvalue weighted by Crippen LogP contribution is -2.86. The summed E-state index contributed by atoms with van der Waals surface area (Å²) in [6.45, 7) is 2.01. The van der Waals surface area contributed by atoms with Crippen molar-refractivity contribution in [1.29, 1.82) is 0 Å². The normalized spacial score (nSPS) is 12.0. The van der Waals surface area contributed by atoms with Crippen molar-refractivity contribution in [2.24, 2.45) is 0 Å². The number of amides is 1. The molecule has 122 valence electrons. The molecule has 2 aromatic rings. The minimum Gasteiger partial charge on any atom is -0.332 e. The minimum atomic E-state index is -1.01. The van der Waals surface area contributed by atoms with Gasteiger partial charge in [-0.15, -0.1) is 0 Å². The Balaban J connectivity index is 1.91. The first-order valence-electron chi connectivity index (χ1n) is 6.90. The van der Waals surface area contributed by atoms with E-state index < -0.39 is 11.6 Å². The highest BCUT2D eigenvalue weighted by atomic mass is 35.5. The minimum absolute atomic E-state index is 0.0597. The summed E-state index contributed by atoms with van der Waals surface area (Å²) in [4.78, 5) is 11.9. The second-order valence-electron chi connectivity index (χ2n) is 5.07. The van der Waals surface area contributed by atoms with Gasteiger partial charge in [0.15, 0.2) is 18.2 Å². The molecule has 2 rings (SSSR count). The Bertz CT molecular complexity index is 725. The molecule has 0 fully saturated rings. The van der Waals surface area contributed by atoms with Crippen molar-refractivity contribution in [2.45, 2.75) is 13.0 Å². The molecule has 0 aliphatic carbocycles. The van der Waals surface area contributed by atoms with Crippen LogP contribution in [-0.4, -0.2) is 12.5 Å². The van der Waals surface area contributed by atoms with Gasteiger partial charge < -0.3 is 10.6 Å². The molecule has 0 heterocycles. The number of halogens is 4. The molecule has 0 aliphatic rings. The molecule has 1 atom stereocenters. The van der Waals surface area contributed by atoms with Crippen molar-refractivity contribution in [1.82, 2.24) is 0 Å². The summed E-state index contributed by atoms with van der Waals surface area (Å²) in [7, 11) is 0. The Morgan fingerprint density at radius 1 is 1.17 bits per heavy atom. The highest BCUT2D eigenvalue weighted by Crippen LogP contribution is 2.24. The van der Waals surface area contributed by atoms with Crippen LogP contribution in [0.15, 0.2) is 36.4 Å². The van der Waals surface area contributed by atoms with Crippen LogP contribution in [-0.2, 0) is 4.79 Å². The van der Waals surface area contributed by atoms with E-state index in [2.05, 4.69) is 5.32 Å². The van der Waals surface area contributed by atoms with Gasteiger partial charge in [-0.05, 0) is 31.2 Å². The maximum atomic E-state index is 13.1. The van der Waals surface area contributed by atoms with Gasteiger partial charge in [0, 0.05) is 22.3 Å². The number of quaternary nitrogens is 1. The predicted molar refractivity (Wildman–Crippen MR) is 86.7 cm³/mol. The average molecular weight is 360 g/mol. The Kier molecular flexibility index (Phi) is 5.93. The maximum absolute atomic E-state index is 13.1. The zero-order valence-corrected chi connectivity index (χ0v) is 13.8. The molecule has 0 saturated carbocycles. The van der Waals surface area contributed by atoms with Crippen LogP contribution < -0.4 is 10.6 Å². The lowest BCUT2D eigenvalue weighted by atomic mass is 10.1. The molecule has 1 amide bonds. The Morgan fingerprint density at radius 3 is 2.57 bits per heavy atom. The number of carbonyl (C=O) groups is 1. The van der Waals surface area contributed by atoms with Gasteiger partial charge in [0.2, 0.25) is 0 Å². The van der Waals surface area contributed by atoms with E-state index in [1.165, 1.54) is 6.07 Å². The summed E-state index contributed by atoms with van der Waals surface area (Å²) >= 11 is 12.0. The Hall–Kier alpha value is -1.69. The summed E-state index contributed by atoms with van der Waals surface area (Å²) in [5, 5.41) is 5.37. The average Bonchev–Trinajstić information content (AvgIpc) is 2.48. The molecule has 0 bridgehead atoms. The fraction of sp³-hybridized carbons (Fsp3) is 0.188. The molecule has 3 N–H and O–H groups in total. The summed E-state index contributed by atoms with van der Waals surface area (Å²) < 4.78 is 25.9. The second-order valence-corrected chi connectivity index (χ2v) is 5.92. The SMILES string of the molecule is C[C@H]([NH2+]CC(=O)Nc1ccc(F)c(F)c1)c1ccc(Cl)cc1Cl. The van der Waals surface area contributed by atoms with Crippen molar-refractivity contribution in [2.75, 3.05) is 11.9 Å². The number of benzene rings is 2. The van der Waals surface area contributed by atoms with Crippen LogP contribution in [0.1, 0.15) is 18.5 Å². The molecule has 0 spiro atoms. The number of nitrogens with one attached hydrogen (secondary N) is 1.